The van der Waals surface area contributed by atoms with Gasteiger partial charge in [0.25, 0.3) is 5.91 Å². The predicted molar refractivity (Wildman–Crippen MR) is 86.2 cm³/mol. The summed E-state index contributed by atoms with van der Waals surface area (Å²) in [5.41, 5.74) is 2.78. The third kappa shape index (κ3) is 2.15. The molecule has 4 rings (SSSR count). The number of H-pyrrole nitrogens is 1. The monoisotopic (exact) mass is 315 g/mol. The summed E-state index contributed by atoms with van der Waals surface area (Å²) in [5, 5.41) is 2.02. The quantitative estimate of drug-likeness (QED) is 0.790. The van der Waals surface area contributed by atoms with Crippen LogP contribution in [0.3, 0.4) is 0 Å². The fourth-order valence-electron chi connectivity index (χ4n) is 3.03. The van der Waals surface area contributed by atoms with Gasteiger partial charge in [-0.2, -0.15) is 0 Å². The molecule has 4 heterocycles. The Hall–Kier alpha value is -2.05. The van der Waals surface area contributed by atoms with Crippen molar-refractivity contribution in [3.05, 3.63) is 47.2 Å². The molecule has 1 amide bonds. The summed E-state index contributed by atoms with van der Waals surface area (Å²) in [6.45, 7) is 1.74. The fraction of sp³-hybridized carbons (Fsp3) is 0.312. The number of hydrogen-bond acceptors (Lipinski definition) is 3. The Morgan fingerprint density at radius 1 is 1.45 bits per heavy atom. The minimum atomic E-state index is -0.0393. The Morgan fingerprint density at radius 2 is 2.36 bits per heavy atom. The van der Waals surface area contributed by atoms with Crippen LogP contribution in [0.4, 0.5) is 0 Å². The molecule has 0 bridgehead atoms. The number of morpholine rings is 1. The zero-order valence-electron chi connectivity index (χ0n) is 12.3. The molecule has 22 heavy (non-hydrogen) atoms. The molecule has 0 spiro atoms. The molecule has 3 aromatic heterocycles. The van der Waals surface area contributed by atoms with E-state index in [4.69, 9.17) is 4.74 Å². The average molecular weight is 315 g/mol. The van der Waals surface area contributed by atoms with Crippen LogP contribution in [0, 0.1) is 0 Å². The molecule has 0 radical (unpaired) electrons. The highest BCUT2D eigenvalue weighted by molar-refractivity contribution is 7.17. The molecule has 114 valence electrons. The number of aromatic nitrogens is 2. The van der Waals surface area contributed by atoms with E-state index in [1.54, 1.807) is 11.3 Å². The summed E-state index contributed by atoms with van der Waals surface area (Å²) in [5.74, 6) is 0.0397. The van der Waals surface area contributed by atoms with E-state index in [9.17, 15) is 4.79 Å². The first-order valence-corrected chi connectivity index (χ1v) is 8.18. The standard InChI is InChI=1S/C16H17N3O2S/c1-18-5-2-3-13(18)14-10-21-7-6-19(14)16(20)12-9-15-11(17-12)4-8-22-15/h2-5,8-9,14,17H,6-7,10H2,1H3. The number of aryl methyl sites for hydroxylation is 1. The number of amides is 1. The average Bonchev–Trinajstić information content (AvgIpc) is 3.21. The predicted octanol–water partition coefficient (Wildman–Crippen LogP) is 2.78. The van der Waals surface area contributed by atoms with Crippen molar-refractivity contribution in [1.82, 2.24) is 14.5 Å². The maximum absolute atomic E-state index is 12.9. The van der Waals surface area contributed by atoms with Crippen molar-refractivity contribution in [3.8, 4) is 0 Å². The number of aromatic amines is 1. The van der Waals surface area contributed by atoms with Gasteiger partial charge in [0, 0.05) is 25.5 Å². The molecule has 0 aromatic carbocycles. The molecular weight excluding hydrogens is 298 g/mol. The highest BCUT2D eigenvalue weighted by atomic mass is 32.1. The van der Waals surface area contributed by atoms with Crippen molar-refractivity contribution in [1.29, 1.82) is 0 Å². The Labute approximate surface area is 132 Å². The van der Waals surface area contributed by atoms with E-state index in [-0.39, 0.29) is 11.9 Å². The number of thiophene rings is 1. The third-order valence-electron chi connectivity index (χ3n) is 4.19. The molecule has 6 heteroatoms. The number of nitrogens with zero attached hydrogens (tertiary/aromatic N) is 2. The maximum Gasteiger partial charge on any atom is 0.271 e. The van der Waals surface area contributed by atoms with Crippen LogP contribution in [0.2, 0.25) is 0 Å². The van der Waals surface area contributed by atoms with Gasteiger partial charge in [0.15, 0.2) is 0 Å². The normalized spacial score (nSPS) is 19.0. The molecule has 1 saturated heterocycles. The molecule has 1 fully saturated rings. The topological polar surface area (TPSA) is 50.3 Å². The van der Waals surface area contributed by atoms with Gasteiger partial charge in [-0.25, -0.2) is 0 Å². The Balaban J connectivity index is 1.67. The van der Waals surface area contributed by atoms with Crippen molar-refractivity contribution in [3.63, 3.8) is 0 Å². The van der Waals surface area contributed by atoms with Crippen LogP contribution in [0.1, 0.15) is 22.2 Å². The summed E-state index contributed by atoms with van der Waals surface area (Å²) in [6.07, 6.45) is 2.00. The van der Waals surface area contributed by atoms with Crippen molar-refractivity contribution in [2.75, 3.05) is 19.8 Å². The number of carbonyl (C=O) groups excluding carboxylic acids is 1. The van der Waals surface area contributed by atoms with Gasteiger partial charge in [-0.05, 0) is 29.6 Å². The lowest BCUT2D eigenvalue weighted by Gasteiger charge is -2.35. The summed E-state index contributed by atoms with van der Waals surface area (Å²) in [4.78, 5) is 18.1. The van der Waals surface area contributed by atoms with E-state index in [1.165, 1.54) is 0 Å². The lowest BCUT2D eigenvalue weighted by molar-refractivity contribution is -0.00488. The van der Waals surface area contributed by atoms with Crippen LogP contribution in [0.25, 0.3) is 10.2 Å². The fourth-order valence-corrected chi connectivity index (χ4v) is 3.81. The van der Waals surface area contributed by atoms with E-state index in [1.807, 2.05) is 52.4 Å². The van der Waals surface area contributed by atoms with E-state index in [2.05, 4.69) is 4.98 Å². The third-order valence-corrected chi connectivity index (χ3v) is 5.05. The van der Waals surface area contributed by atoms with Gasteiger partial charge in [0.1, 0.15) is 5.69 Å². The summed E-state index contributed by atoms with van der Waals surface area (Å²) >= 11 is 1.64. The molecule has 3 aromatic rings. The summed E-state index contributed by atoms with van der Waals surface area (Å²) < 4.78 is 8.77. The van der Waals surface area contributed by atoms with E-state index in [0.29, 0.717) is 25.5 Å². The van der Waals surface area contributed by atoms with Crippen molar-refractivity contribution < 1.29 is 9.53 Å². The smallest absolute Gasteiger partial charge is 0.271 e. The van der Waals surface area contributed by atoms with Crippen LogP contribution in [0.5, 0.6) is 0 Å². The molecule has 1 aliphatic rings. The van der Waals surface area contributed by atoms with Crippen LogP contribution >= 0.6 is 11.3 Å². The number of nitrogens with one attached hydrogen (secondary N) is 1. The molecule has 1 N–H and O–H groups in total. The van der Waals surface area contributed by atoms with Crippen molar-refractivity contribution in [2.45, 2.75) is 6.04 Å². The van der Waals surface area contributed by atoms with Crippen molar-refractivity contribution in [2.24, 2.45) is 7.05 Å². The SMILES string of the molecule is Cn1cccc1C1COCCN1C(=O)c1cc2sccc2[nH]1. The Bertz CT molecular complexity index is 788. The lowest BCUT2D eigenvalue weighted by Crippen LogP contribution is -2.44. The zero-order valence-corrected chi connectivity index (χ0v) is 13.1. The second kappa shape index (κ2) is 5.30. The second-order valence-corrected chi connectivity index (χ2v) is 6.46. The summed E-state index contributed by atoms with van der Waals surface area (Å²) in [7, 11) is 2.00. The first-order chi connectivity index (χ1) is 10.7. The van der Waals surface area contributed by atoms with Gasteiger partial charge in [0.05, 0.1) is 29.5 Å². The van der Waals surface area contributed by atoms with Crippen molar-refractivity contribution >= 4 is 27.5 Å². The molecule has 1 atom stereocenters. The number of ether oxygens (including phenoxy) is 1. The van der Waals surface area contributed by atoms with Gasteiger partial charge in [-0.3, -0.25) is 4.79 Å². The van der Waals surface area contributed by atoms with Gasteiger partial charge in [-0.1, -0.05) is 0 Å². The number of carbonyl (C=O) groups is 1. The second-order valence-electron chi connectivity index (χ2n) is 5.51. The van der Waals surface area contributed by atoms with Crippen LogP contribution in [-0.2, 0) is 11.8 Å². The molecular formula is C16H17N3O2S. The Morgan fingerprint density at radius 3 is 3.14 bits per heavy atom. The largest absolute Gasteiger partial charge is 0.377 e. The van der Waals surface area contributed by atoms with E-state index < -0.39 is 0 Å². The van der Waals surface area contributed by atoms with Gasteiger partial charge < -0.3 is 19.2 Å². The molecule has 1 aliphatic heterocycles. The lowest BCUT2D eigenvalue weighted by atomic mass is 10.1. The highest BCUT2D eigenvalue weighted by Crippen LogP contribution is 2.28. The minimum absolute atomic E-state index is 0.0393. The van der Waals surface area contributed by atoms with E-state index >= 15 is 0 Å². The molecule has 1 unspecified atom stereocenters. The molecule has 0 aliphatic carbocycles. The van der Waals surface area contributed by atoms with Gasteiger partial charge in [-0.15, -0.1) is 11.3 Å². The molecule has 5 nitrogen and oxygen atoms in total. The Kier molecular flexibility index (Phi) is 3.28. The number of fused-ring (bicyclic) bond motifs is 1. The van der Waals surface area contributed by atoms with Crippen LogP contribution in [0.15, 0.2) is 35.8 Å². The summed E-state index contributed by atoms with van der Waals surface area (Å²) in [6, 6.07) is 7.96. The molecule has 0 saturated carbocycles. The number of hydrogen-bond donors (Lipinski definition) is 1. The van der Waals surface area contributed by atoms with Crippen LogP contribution in [-0.4, -0.2) is 40.1 Å². The van der Waals surface area contributed by atoms with Gasteiger partial charge in [0.2, 0.25) is 0 Å². The van der Waals surface area contributed by atoms with Gasteiger partial charge >= 0.3 is 0 Å². The number of rotatable bonds is 2. The van der Waals surface area contributed by atoms with Crippen LogP contribution < -0.4 is 0 Å². The highest BCUT2D eigenvalue weighted by Gasteiger charge is 2.31. The zero-order chi connectivity index (χ0) is 15.1. The van der Waals surface area contributed by atoms with E-state index in [0.717, 1.165) is 15.9 Å². The first-order valence-electron chi connectivity index (χ1n) is 7.30. The first kappa shape index (κ1) is 13.6. The maximum atomic E-state index is 12.9. The minimum Gasteiger partial charge on any atom is -0.377 e.